The van der Waals surface area contributed by atoms with E-state index in [0.717, 1.165) is 45.0 Å². The minimum absolute atomic E-state index is 0. The van der Waals surface area contributed by atoms with Gasteiger partial charge in [-0.05, 0) is 37.8 Å². The summed E-state index contributed by atoms with van der Waals surface area (Å²) in [5, 5.41) is 7.47. The van der Waals surface area contributed by atoms with Gasteiger partial charge in [0, 0.05) is 75.6 Å². The molecule has 3 aliphatic rings. The Morgan fingerprint density at radius 1 is 1.12 bits per heavy atom. The summed E-state index contributed by atoms with van der Waals surface area (Å²) >= 11 is 2.11. The van der Waals surface area contributed by atoms with Crippen LogP contribution in [-0.2, 0) is 6.54 Å². The predicted molar refractivity (Wildman–Crippen MR) is 147 cm³/mol. The summed E-state index contributed by atoms with van der Waals surface area (Å²) in [6.45, 7) is 6.69. The van der Waals surface area contributed by atoms with Crippen LogP contribution in [0.5, 0.6) is 0 Å². The van der Waals surface area contributed by atoms with Gasteiger partial charge in [-0.15, -0.1) is 24.0 Å². The first kappa shape index (κ1) is 26.0. The van der Waals surface area contributed by atoms with Crippen LogP contribution in [0.3, 0.4) is 0 Å². The van der Waals surface area contributed by atoms with Crippen molar-refractivity contribution in [1.82, 2.24) is 25.4 Å². The molecule has 8 heteroatoms. The number of likely N-dealkylation sites (tertiary alicyclic amines) is 1. The number of aromatic nitrogens is 1. The number of nitrogens with one attached hydrogen (secondary N) is 2. The highest BCUT2D eigenvalue weighted by atomic mass is 127. The number of piperidine rings is 1. The number of rotatable bonds is 6. The third-order valence-electron chi connectivity index (χ3n) is 7.31. The molecule has 180 valence electrons. The van der Waals surface area contributed by atoms with Gasteiger partial charge >= 0.3 is 0 Å². The van der Waals surface area contributed by atoms with Crippen LogP contribution < -0.4 is 10.6 Å². The number of hydrogen-bond donors (Lipinski definition) is 2. The minimum atomic E-state index is 0. The van der Waals surface area contributed by atoms with E-state index in [1.807, 2.05) is 19.3 Å². The Kier molecular flexibility index (Phi) is 10.9. The molecular formula is C24H41IN6S. The number of guanidine groups is 1. The third kappa shape index (κ3) is 7.21. The molecule has 1 aromatic rings. The maximum Gasteiger partial charge on any atom is 0.191 e. The largest absolute Gasteiger partial charge is 0.355 e. The molecule has 3 fully saturated rings. The van der Waals surface area contributed by atoms with Gasteiger partial charge < -0.3 is 10.6 Å². The maximum atomic E-state index is 4.58. The molecule has 32 heavy (non-hydrogen) atoms. The predicted octanol–water partition coefficient (Wildman–Crippen LogP) is 3.58. The van der Waals surface area contributed by atoms with Crippen LogP contribution in [0.4, 0.5) is 0 Å². The van der Waals surface area contributed by atoms with Gasteiger partial charge in [-0.1, -0.05) is 25.3 Å². The molecule has 0 unspecified atom stereocenters. The average Bonchev–Trinajstić information content (AvgIpc) is 2.84. The molecule has 0 bridgehead atoms. The molecule has 2 aliphatic heterocycles. The van der Waals surface area contributed by atoms with E-state index >= 15 is 0 Å². The molecule has 2 N–H and O–H groups in total. The summed E-state index contributed by atoms with van der Waals surface area (Å²) in [5.41, 5.74) is 1.49. The van der Waals surface area contributed by atoms with Crippen molar-refractivity contribution >= 4 is 41.7 Å². The Bertz CT molecular complexity index is 683. The second-order valence-electron chi connectivity index (χ2n) is 9.33. The number of hydrogen-bond acceptors (Lipinski definition) is 5. The zero-order valence-corrected chi connectivity index (χ0v) is 22.7. The first-order valence-corrected chi connectivity index (χ1v) is 13.4. The molecule has 6 nitrogen and oxygen atoms in total. The fourth-order valence-corrected chi connectivity index (χ4v) is 6.35. The Morgan fingerprint density at radius 2 is 1.88 bits per heavy atom. The second kappa shape index (κ2) is 13.3. The van der Waals surface area contributed by atoms with E-state index in [1.54, 1.807) is 0 Å². The lowest BCUT2D eigenvalue weighted by molar-refractivity contribution is 0.0625. The third-order valence-corrected chi connectivity index (χ3v) is 8.26. The van der Waals surface area contributed by atoms with E-state index in [2.05, 4.69) is 54.3 Å². The van der Waals surface area contributed by atoms with Crippen LogP contribution in [0, 0.1) is 0 Å². The van der Waals surface area contributed by atoms with Crippen LogP contribution in [0.25, 0.3) is 0 Å². The van der Waals surface area contributed by atoms with Crippen LogP contribution in [-0.4, -0.2) is 83.6 Å². The van der Waals surface area contributed by atoms with E-state index in [0.29, 0.717) is 11.6 Å². The second-order valence-corrected chi connectivity index (χ2v) is 10.6. The lowest BCUT2D eigenvalue weighted by Crippen LogP contribution is -2.60. The average molecular weight is 573 g/mol. The van der Waals surface area contributed by atoms with Crippen molar-refractivity contribution in [1.29, 1.82) is 0 Å². The van der Waals surface area contributed by atoms with Gasteiger partial charge in [-0.2, -0.15) is 11.8 Å². The van der Waals surface area contributed by atoms with Crippen molar-refractivity contribution in [2.45, 2.75) is 63.1 Å². The molecule has 0 amide bonds. The van der Waals surface area contributed by atoms with Gasteiger partial charge in [0.1, 0.15) is 0 Å². The number of thioether (sulfide) groups is 1. The summed E-state index contributed by atoms with van der Waals surface area (Å²) in [6, 6.07) is 6.69. The quantitative estimate of drug-likeness (QED) is 0.309. The van der Waals surface area contributed by atoms with E-state index in [-0.39, 0.29) is 24.0 Å². The molecule has 3 heterocycles. The van der Waals surface area contributed by atoms with Crippen LogP contribution >= 0.6 is 35.7 Å². The number of aliphatic imine (C=N–C) groups is 1. The van der Waals surface area contributed by atoms with Gasteiger partial charge in [0.2, 0.25) is 0 Å². The van der Waals surface area contributed by atoms with Crippen molar-refractivity contribution in [3.05, 3.63) is 30.1 Å². The molecule has 0 aromatic carbocycles. The van der Waals surface area contributed by atoms with Gasteiger partial charge in [-0.25, -0.2) is 0 Å². The summed E-state index contributed by atoms with van der Waals surface area (Å²) in [5.74, 6) is 3.55. The van der Waals surface area contributed by atoms with E-state index in [1.165, 1.54) is 62.4 Å². The number of nitrogens with zero attached hydrogens (tertiary/aromatic N) is 4. The Labute approximate surface area is 215 Å². The fraction of sp³-hybridized carbons (Fsp3) is 0.750. The zero-order chi connectivity index (χ0) is 21.4. The Morgan fingerprint density at radius 3 is 2.53 bits per heavy atom. The lowest BCUT2D eigenvalue weighted by atomic mass is 9.80. The van der Waals surface area contributed by atoms with Crippen LogP contribution in [0.2, 0.25) is 0 Å². The molecule has 1 aromatic heterocycles. The smallest absolute Gasteiger partial charge is 0.191 e. The molecule has 1 saturated carbocycles. The monoisotopic (exact) mass is 572 g/mol. The summed E-state index contributed by atoms with van der Waals surface area (Å²) in [4.78, 5) is 14.4. The number of halogens is 1. The van der Waals surface area contributed by atoms with E-state index in [4.69, 9.17) is 0 Å². The minimum Gasteiger partial charge on any atom is -0.355 e. The number of pyridine rings is 1. The summed E-state index contributed by atoms with van der Waals surface area (Å²) in [6.07, 6.45) is 11.0. The standard InChI is InChI=1S/C24H40N6S.HI/c1-25-23(27-20-24(10-4-2-5-11-24)30-15-17-31-18-16-30)28-21-8-13-29(14-9-21)19-22-7-3-6-12-26-22;/h3,6-7,12,21H,2,4-5,8-11,13-20H2,1H3,(H2,25,27,28);1H. The van der Waals surface area contributed by atoms with Crippen molar-refractivity contribution in [3.8, 4) is 0 Å². The normalized spacial score (nSPS) is 23.3. The summed E-state index contributed by atoms with van der Waals surface area (Å²) < 4.78 is 0. The van der Waals surface area contributed by atoms with Gasteiger partial charge in [0.25, 0.3) is 0 Å². The van der Waals surface area contributed by atoms with E-state index in [9.17, 15) is 0 Å². The van der Waals surface area contributed by atoms with Crippen molar-refractivity contribution in [3.63, 3.8) is 0 Å². The van der Waals surface area contributed by atoms with E-state index < -0.39 is 0 Å². The summed E-state index contributed by atoms with van der Waals surface area (Å²) in [7, 11) is 1.91. The van der Waals surface area contributed by atoms with Crippen molar-refractivity contribution < 1.29 is 0 Å². The van der Waals surface area contributed by atoms with Gasteiger partial charge in [0.05, 0.1) is 5.69 Å². The molecule has 0 radical (unpaired) electrons. The molecule has 4 rings (SSSR count). The van der Waals surface area contributed by atoms with Crippen LogP contribution in [0.15, 0.2) is 29.4 Å². The first-order chi connectivity index (χ1) is 15.3. The highest BCUT2D eigenvalue weighted by molar-refractivity contribution is 14.0. The molecule has 0 spiro atoms. The van der Waals surface area contributed by atoms with Gasteiger partial charge in [-0.3, -0.25) is 19.8 Å². The zero-order valence-electron chi connectivity index (χ0n) is 19.6. The SMILES string of the molecule is CN=C(NCC1(N2CCSCC2)CCCCC1)NC1CCN(Cc2ccccn2)CC1.I. The van der Waals surface area contributed by atoms with Gasteiger partial charge in [0.15, 0.2) is 5.96 Å². The Hall–Kier alpha value is -0.580. The van der Waals surface area contributed by atoms with Crippen molar-refractivity contribution in [2.24, 2.45) is 4.99 Å². The first-order valence-electron chi connectivity index (χ1n) is 12.2. The Balaban J connectivity index is 0.00000289. The van der Waals surface area contributed by atoms with Crippen LogP contribution in [0.1, 0.15) is 50.6 Å². The fourth-order valence-electron chi connectivity index (χ4n) is 5.44. The molecular weight excluding hydrogens is 531 g/mol. The molecule has 0 atom stereocenters. The lowest BCUT2D eigenvalue weighted by Gasteiger charge is -2.48. The topological polar surface area (TPSA) is 55.8 Å². The highest BCUT2D eigenvalue weighted by Crippen LogP contribution is 2.34. The molecule has 2 saturated heterocycles. The van der Waals surface area contributed by atoms with Crippen molar-refractivity contribution in [2.75, 3.05) is 51.3 Å². The maximum absolute atomic E-state index is 4.58. The molecule has 1 aliphatic carbocycles. The highest BCUT2D eigenvalue weighted by Gasteiger charge is 2.38.